The summed E-state index contributed by atoms with van der Waals surface area (Å²) < 4.78 is 74.2. The minimum absolute atomic E-state index is 0.0264. The van der Waals surface area contributed by atoms with Gasteiger partial charge in [-0.25, -0.2) is 9.78 Å². The van der Waals surface area contributed by atoms with E-state index < -0.39 is 24.7 Å². The molecule has 10 heteroatoms. The molecule has 0 bridgehead atoms. The van der Waals surface area contributed by atoms with Gasteiger partial charge in [-0.1, -0.05) is 35.5 Å². The molecule has 1 saturated carbocycles. The van der Waals surface area contributed by atoms with Gasteiger partial charge in [0.25, 0.3) is 0 Å². The molecule has 4 aromatic rings. The third-order valence-corrected chi connectivity index (χ3v) is 7.08. The first-order valence-corrected chi connectivity index (χ1v) is 12.3. The van der Waals surface area contributed by atoms with Gasteiger partial charge in [0.1, 0.15) is 17.2 Å². The van der Waals surface area contributed by atoms with Crippen LogP contribution in [0, 0.1) is 5.92 Å². The Kier molecular flexibility index (Phi) is 5.23. The summed E-state index contributed by atoms with van der Waals surface area (Å²) in [5.74, 6) is -0.599. The molecule has 7 nitrogen and oxygen atoms in total. The van der Waals surface area contributed by atoms with Gasteiger partial charge in [-0.15, -0.1) is 0 Å². The second-order valence-electron chi connectivity index (χ2n) is 9.77. The van der Waals surface area contributed by atoms with Crippen molar-refractivity contribution in [2.75, 3.05) is 25.0 Å². The number of fused-ring (bicyclic) bond motifs is 1. The topological polar surface area (TPSA) is 88.7 Å². The molecule has 3 heterocycles. The van der Waals surface area contributed by atoms with Crippen molar-refractivity contribution in [1.82, 2.24) is 10.1 Å². The predicted molar refractivity (Wildman–Crippen MR) is 139 cm³/mol. The van der Waals surface area contributed by atoms with Gasteiger partial charge in [0.15, 0.2) is 5.69 Å². The molecule has 0 spiro atoms. The summed E-state index contributed by atoms with van der Waals surface area (Å²) in [5.41, 5.74) is 0.638. The van der Waals surface area contributed by atoms with Crippen LogP contribution in [0.4, 0.5) is 18.9 Å². The van der Waals surface area contributed by atoms with Crippen molar-refractivity contribution in [3.05, 3.63) is 77.2 Å². The highest BCUT2D eigenvalue weighted by molar-refractivity contribution is 5.94. The fourth-order valence-electron chi connectivity index (χ4n) is 4.89. The van der Waals surface area contributed by atoms with E-state index in [1.807, 2.05) is 11.0 Å². The van der Waals surface area contributed by atoms with Crippen molar-refractivity contribution in [3.8, 4) is 17.0 Å². The van der Waals surface area contributed by atoms with Crippen molar-refractivity contribution in [2.24, 2.45) is 5.92 Å². The number of rotatable bonds is 7. The summed E-state index contributed by atoms with van der Waals surface area (Å²) in [7, 11) is -2.78. The largest absolute Gasteiger partial charge is 0.496 e. The average molecular weight is 539 g/mol. The second-order valence-corrected chi connectivity index (χ2v) is 9.77. The van der Waals surface area contributed by atoms with E-state index in [9.17, 15) is 23.1 Å². The lowest BCUT2D eigenvalue weighted by Gasteiger charge is -2.39. The van der Waals surface area contributed by atoms with Crippen molar-refractivity contribution in [3.63, 3.8) is 0 Å². The van der Waals surface area contributed by atoms with E-state index in [-0.39, 0.29) is 40.1 Å². The van der Waals surface area contributed by atoms with Gasteiger partial charge in [0, 0.05) is 53.2 Å². The highest BCUT2D eigenvalue weighted by Gasteiger charge is 2.37. The summed E-state index contributed by atoms with van der Waals surface area (Å²) in [4.78, 5) is 17.6. The third kappa shape index (κ3) is 4.71. The van der Waals surface area contributed by atoms with Gasteiger partial charge in [0.05, 0.1) is 22.2 Å². The molecule has 1 N–H and O–H groups in total. The number of hydrogen-bond acceptors (Lipinski definition) is 6. The van der Waals surface area contributed by atoms with E-state index in [0.717, 1.165) is 30.7 Å². The summed E-state index contributed by atoms with van der Waals surface area (Å²) in [6.07, 6.45) is 0.996. The van der Waals surface area contributed by atoms with Crippen LogP contribution in [0.1, 0.15) is 50.2 Å². The molecule has 2 aromatic heterocycles. The number of anilines is 1. The number of carboxylic acids is 1. The zero-order valence-corrected chi connectivity index (χ0v) is 20.4. The first-order valence-electron chi connectivity index (χ1n) is 13.8. The number of carboxylic acid groups (broad SMARTS) is 1. The standard InChI is InChI=1S/C29H24F3N3O4/c1-38-25-13-24(28(36)37)33-23-11-9-18(12-21(23)25)35-14-16(15-35)6-10-20-26(34-39-27(20)17-7-8-17)19-4-2-3-5-22(19)29(30,31)32/h2-6,9-13,16-17H,7-8,14-15H2,1H3,(H,36,37)/b10-6+/i1D3. The second kappa shape index (κ2) is 9.44. The quantitative estimate of drug-likeness (QED) is 0.282. The van der Waals surface area contributed by atoms with Crippen LogP contribution >= 0.6 is 0 Å². The number of carbonyl (C=O) groups is 1. The molecule has 0 unspecified atom stereocenters. The van der Waals surface area contributed by atoms with Crippen LogP contribution in [0.15, 0.2) is 59.1 Å². The van der Waals surface area contributed by atoms with Crippen LogP contribution in [0.5, 0.6) is 5.75 Å². The van der Waals surface area contributed by atoms with Crippen molar-refractivity contribution in [2.45, 2.75) is 24.9 Å². The van der Waals surface area contributed by atoms with Crippen LogP contribution in [0.3, 0.4) is 0 Å². The molecule has 0 radical (unpaired) electrons. The molecule has 2 fully saturated rings. The van der Waals surface area contributed by atoms with Crippen molar-refractivity contribution in [1.29, 1.82) is 0 Å². The van der Waals surface area contributed by atoms with Crippen LogP contribution in [0.25, 0.3) is 28.2 Å². The summed E-state index contributed by atoms with van der Waals surface area (Å²) in [5, 5.41) is 13.8. The fraction of sp³-hybridized carbons (Fsp3) is 0.276. The van der Waals surface area contributed by atoms with E-state index in [1.54, 1.807) is 30.3 Å². The molecule has 1 saturated heterocycles. The molecule has 0 amide bonds. The predicted octanol–water partition coefficient (Wildman–Crippen LogP) is 6.64. The van der Waals surface area contributed by atoms with E-state index in [1.165, 1.54) is 12.1 Å². The number of nitrogens with zero attached hydrogens (tertiary/aromatic N) is 3. The number of aromatic carboxylic acids is 1. The number of alkyl halides is 3. The van der Waals surface area contributed by atoms with E-state index in [2.05, 4.69) is 10.1 Å². The summed E-state index contributed by atoms with van der Waals surface area (Å²) >= 11 is 0. The molecule has 0 atom stereocenters. The molecule has 6 rings (SSSR count). The smallest absolute Gasteiger partial charge is 0.417 e. The van der Waals surface area contributed by atoms with Crippen LogP contribution < -0.4 is 9.64 Å². The highest BCUT2D eigenvalue weighted by atomic mass is 19.4. The molecule has 1 aliphatic heterocycles. The van der Waals surface area contributed by atoms with Gasteiger partial charge in [-0.05, 0) is 37.1 Å². The van der Waals surface area contributed by atoms with E-state index in [0.29, 0.717) is 29.8 Å². The Hall–Kier alpha value is -4.34. The SMILES string of the molecule is [2H]C([2H])([2H])Oc1cc(C(=O)O)nc2ccc(N3CC(/C=C/c4c(-c5ccccc5C(F)(F)F)noc4C4CC4)C3)cc12. The number of aromatic nitrogens is 2. The van der Waals surface area contributed by atoms with Crippen LogP contribution in [0.2, 0.25) is 0 Å². The zero-order valence-electron chi connectivity index (χ0n) is 23.4. The number of methoxy groups -OCH3 is 1. The van der Waals surface area contributed by atoms with E-state index in [4.69, 9.17) is 13.4 Å². The van der Waals surface area contributed by atoms with Gasteiger partial charge in [-0.3, -0.25) is 0 Å². The normalized spacial score (nSPS) is 17.6. The molecule has 39 heavy (non-hydrogen) atoms. The number of halogens is 3. The lowest BCUT2D eigenvalue weighted by Crippen LogP contribution is -2.45. The Bertz CT molecular complexity index is 1710. The number of hydrogen-bond donors (Lipinski definition) is 1. The van der Waals surface area contributed by atoms with Gasteiger partial charge < -0.3 is 19.3 Å². The monoisotopic (exact) mass is 538 g/mol. The number of ether oxygens (including phenoxy) is 1. The zero-order chi connectivity index (χ0) is 29.8. The first kappa shape index (κ1) is 21.6. The van der Waals surface area contributed by atoms with E-state index >= 15 is 0 Å². The average Bonchev–Trinajstić information content (AvgIpc) is 3.65. The fourth-order valence-corrected chi connectivity index (χ4v) is 4.89. The Labute approximate surface area is 225 Å². The summed E-state index contributed by atoms with van der Waals surface area (Å²) in [6, 6.07) is 11.5. The van der Waals surface area contributed by atoms with Crippen LogP contribution in [-0.2, 0) is 6.18 Å². The number of benzene rings is 2. The van der Waals surface area contributed by atoms with Crippen molar-refractivity contribution >= 4 is 28.6 Å². The van der Waals surface area contributed by atoms with Gasteiger partial charge >= 0.3 is 12.1 Å². The summed E-state index contributed by atoms with van der Waals surface area (Å²) in [6.45, 7) is 1.19. The van der Waals surface area contributed by atoms with Gasteiger partial charge in [0.2, 0.25) is 0 Å². The Morgan fingerprint density at radius 2 is 2.00 bits per heavy atom. The minimum Gasteiger partial charge on any atom is -0.496 e. The minimum atomic E-state index is -4.54. The van der Waals surface area contributed by atoms with Gasteiger partial charge in [-0.2, -0.15) is 13.2 Å². The maximum Gasteiger partial charge on any atom is 0.417 e. The molecule has 2 aromatic carbocycles. The molecule has 1 aliphatic carbocycles. The third-order valence-electron chi connectivity index (χ3n) is 7.08. The lowest BCUT2D eigenvalue weighted by molar-refractivity contribution is -0.137. The molecule has 2 aliphatic rings. The molecule has 200 valence electrons. The maximum atomic E-state index is 13.7. The number of pyridine rings is 1. The lowest BCUT2D eigenvalue weighted by atomic mass is 9.95. The Morgan fingerprint density at radius 1 is 1.21 bits per heavy atom. The first-order chi connectivity index (χ1) is 19.9. The Morgan fingerprint density at radius 3 is 2.72 bits per heavy atom. The maximum absolute atomic E-state index is 13.7. The van der Waals surface area contributed by atoms with Crippen molar-refractivity contribution < 1.29 is 36.4 Å². The Balaban J connectivity index is 1.25. The molecular weight excluding hydrogens is 511 g/mol. The van der Waals surface area contributed by atoms with Crippen LogP contribution in [-0.4, -0.2) is 41.3 Å². The highest BCUT2D eigenvalue weighted by Crippen LogP contribution is 2.46. The molecular formula is C29H24F3N3O4.